The van der Waals surface area contributed by atoms with Crippen molar-refractivity contribution >= 4 is 23.8 Å². The van der Waals surface area contributed by atoms with Crippen LogP contribution in [0.2, 0.25) is 0 Å². The van der Waals surface area contributed by atoms with Crippen molar-refractivity contribution in [1.82, 2.24) is 4.90 Å². The number of benzene rings is 4. The highest BCUT2D eigenvalue weighted by Crippen LogP contribution is 2.62. The van der Waals surface area contributed by atoms with Gasteiger partial charge >= 0.3 is 6.09 Å². The highest BCUT2D eigenvalue weighted by molar-refractivity contribution is 6.03. The molecule has 2 aliphatic carbocycles. The molecule has 1 saturated carbocycles. The standard InChI is InChI=1S/C54H60FN3O12/c1-4-6-28-66-53(62)57(33-36-13-17-40(55)18-14-36)50-32-47(56-68-35-37-15-19-41(20-16-37)58(63)64)45-30-38(11-7-9-25-59)44(12-8-10-26-60)51-46-31-43(69-42-21-23-48(65-3)39(29-42)34-61)22-24-49(46)70-54(50,52(45)51)67-27-5-2/h4-5,13-24,29-31,34,38,44,50-52,59-60H,1-2,6-12,25-28,32-33,35H2,3H3/t38-,44+,50-,51+,52+,54+/m0/s1. The summed E-state index contributed by atoms with van der Waals surface area (Å²) in [6.07, 6.45) is 9.83. The van der Waals surface area contributed by atoms with E-state index in [2.05, 4.69) is 19.2 Å². The molecule has 1 fully saturated rings. The molecule has 2 N–H and O–H groups in total. The molecular formula is C54H60FN3O12. The van der Waals surface area contributed by atoms with Crippen LogP contribution in [-0.2, 0) is 27.5 Å². The van der Waals surface area contributed by atoms with Crippen molar-refractivity contribution in [2.24, 2.45) is 22.9 Å². The first-order chi connectivity index (χ1) is 34.1. The largest absolute Gasteiger partial charge is 0.496 e. The lowest BCUT2D eigenvalue weighted by molar-refractivity contribution is -0.384. The number of ether oxygens (including phenoxy) is 5. The maximum absolute atomic E-state index is 14.7. The van der Waals surface area contributed by atoms with Crippen LogP contribution in [0.1, 0.15) is 84.3 Å². The first-order valence-electron chi connectivity index (χ1n) is 23.6. The molecule has 1 aliphatic heterocycles. The summed E-state index contributed by atoms with van der Waals surface area (Å²) in [5, 5.41) is 36.3. The molecule has 6 atom stereocenters. The number of aldehydes is 1. The monoisotopic (exact) mass is 961 g/mol. The number of carbonyl (C=O) groups is 2. The van der Waals surface area contributed by atoms with Gasteiger partial charge in [0.25, 0.3) is 5.69 Å². The van der Waals surface area contributed by atoms with Crippen LogP contribution in [0, 0.1) is 33.7 Å². The van der Waals surface area contributed by atoms with Gasteiger partial charge in [-0.05, 0) is 121 Å². The summed E-state index contributed by atoms with van der Waals surface area (Å²) < 4.78 is 46.6. The highest BCUT2D eigenvalue weighted by atomic mass is 19.1. The third-order valence-electron chi connectivity index (χ3n) is 13.2. The second-order valence-corrected chi connectivity index (χ2v) is 17.5. The highest BCUT2D eigenvalue weighted by Gasteiger charge is 2.65. The minimum Gasteiger partial charge on any atom is -0.496 e. The Morgan fingerprint density at radius 2 is 1.67 bits per heavy atom. The Hall–Kier alpha value is -6.88. The average molecular weight is 962 g/mol. The number of hydrogen-bond acceptors (Lipinski definition) is 13. The first kappa shape index (κ1) is 51.0. The quantitative estimate of drug-likeness (QED) is 0.0211. The Bertz CT molecular complexity index is 2530. The lowest BCUT2D eigenvalue weighted by Gasteiger charge is -2.59. The summed E-state index contributed by atoms with van der Waals surface area (Å²) in [7, 11) is 1.48. The molecule has 1 amide bonds. The molecule has 15 nitrogen and oxygen atoms in total. The average Bonchev–Trinajstić information content (AvgIpc) is 3.37. The number of aliphatic hydroxyl groups is 2. The zero-order valence-corrected chi connectivity index (χ0v) is 39.3. The van der Waals surface area contributed by atoms with Crippen LogP contribution in [0.25, 0.3) is 0 Å². The maximum Gasteiger partial charge on any atom is 0.410 e. The van der Waals surface area contributed by atoms with Crippen LogP contribution in [0.3, 0.4) is 0 Å². The SMILES string of the molecule is C=CCCOC(=O)N(Cc1ccc(F)cc1)[C@H]1CC(=NOCc2ccc([N+](=O)[O-])cc2)C2=C[C@H](CCCCO)[C@@H](CCCCO)[C@@H]3c4cc(Oc5ccc(OC)c(C=O)c5)ccc4O[C@@]1(OCC=C)[C@H]23. The smallest absolute Gasteiger partial charge is 0.410 e. The molecule has 0 saturated heterocycles. The molecule has 0 radical (unpaired) electrons. The van der Waals surface area contributed by atoms with Crippen molar-refractivity contribution in [1.29, 1.82) is 0 Å². The number of oxime groups is 1. The Morgan fingerprint density at radius 1 is 0.957 bits per heavy atom. The molecular weight excluding hydrogens is 902 g/mol. The van der Waals surface area contributed by atoms with Gasteiger partial charge in [-0.1, -0.05) is 48.4 Å². The molecule has 0 unspecified atom stereocenters. The van der Waals surface area contributed by atoms with Crippen molar-refractivity contribution in [2.75, 3.05) is 33.5 Å². The molecule has 7 rings (SSSR count). The lowest BCUT2D eigenvalue weighted by Crippen LogP contribution is -2.70. The van der Waals surface area contributed by atoms with E-state index in [1.165, 1.54) is 31.4 Å². The van der Waals surface area contributed by atoms with E-state index in [1.54, 1.807) is 65.6 Å². The summed E-state index contributed by atoms with van der Waals surface area (Å²) in [6.45, 7) is 7.79. The van der Waals surface area contributed by atoms with Crippen LogP contribution in [0.5, 0.6) is 23.0 Å². The number of nitro groups is 1. The van der Waals surface area contributed by atoms with Gasteiger partial charge in [0.2, 0.25) is 5.79 Å². The number of unbranched alkanes of at least 4 members (excludes halogenated alkanes) is 2. The lowest BCUT2D eigenvalue weighted by atomic mass is 9.55. The van der Waals surface area contributed by atoms with Crippen molar-refractivity contribution in [3.8, 4) is 23.0 Å². The summed E-state index contributed by atoms with van der Waals surface area (Å²) in [4.78, 5) is 45.4. The third-order valence-corrected chi connectivity index (χ3v) is 13.2. The van der Waals surface area contributed by atoms with Crippen LogP contribution in [0.4, 0.5) is 14.9 Å². The van der Waals surface area contributed by atoms with Gasteiger partial charge in [0.15, 0.2) is 6.29 Å². The van der Waals surface area contributed by atoms with Crippen molar-refractivity contribution in [3.05, 3.63) is 160 Å². The zero-order valence-electron chi connectivity index (χ0n) is 39.3. The number of nitro benzene ring substituents is 1. The Labute approximate surface area is 406 Å². The number of aliphatic hydroxyl groups excluding tert-OH is 2. The van der Waals surface area contributed by atoms with Gasteiger partial charge in [-0.3, -0.25) is 19.8 Å². The predicted octanol–water partition coefficient (Wildman–Crippen LogP) is 10.4. The fraction of sp³-hybridized carbons (Fsp3) is 0.389. The summed E-state index contributed by atoms with van der Waals surface area (Å²) in [5.74, 6) is -1.65. The second kappa shape index (κ2) is 24.1. The number of allylic oxidation sites excluding steroid dienone is 1. The van der Waals surface area contributed by atoms with Gasteiger partial charge in [-0.25, -0.2) is 9.18 Å². The van der Waals surface area contributed by atoms with E-state index >= 15 is 0 Å². The van der Waals surface area contributed by atoms with E-state index in [4.69, 9.17) is 33.7 Å². The van der Waals surface area contributed by atoms with Crippen LogP contribution in [0.15, 0.2) is 127 Å². The van der Waals surface area contributed by atoms with Crippen LogP contribution >= 0.6 is 0 Å². The second-order valence-electron chi connectivity index (χ2n) is 17.5. The summed E-state index contributed by atoms with van der Waals surface area (Å²) in [6, 6.07) is 21.3. The van der Waals surface area contributed by atoms with Crippen LogP contribution in [-0.4, -0.2) is 83.5 Å². The molecule has 4 aromatic carbocycles. The normalized spacial score (nSPS) is 21.5. The number of fused-ring (bicyclic) bond motifs is 2. The molecule has 16 heteroatoms. The first-order valence-corrected chi connectivity index (χ1v) is 23.6. The van der Waals surface area contributed by atoms with E-state index in [0.29, 0.717) is 96.6 Å². The summed E-state index contributed by atoms with van der Waals surface area (Å²) in [5.41, 5.74) is 3.55. The summed E-state index contributed by atoms with van der Waals surface area (Å²) >= 11 is 0. The molecule has 3 aliphatic rings. The number of carbonyl (C=O) groups excluding carboxylic acids is 2. The van der Waals surface area contributed by atoms with Crippen molar-refractivity contribution in [2.45, 2.75) is 82.3 Å². The molecule has 70 heavy (non-hydrogen) atoms. The predicted molar refractivity (Wildman–Crippen MR) is 259 cm³/mol. The number of methoxy groups -OCH3 is 1. The Kier molecular flexibility index (Phi) is 17.6. The number of nitrogens with zero attached hydrogens (tertiary/aromatic N) is 3. The molecule has 0 spiro atoms. The van der Waals surface area contributed by atoms with Gasteiger partial charge in [0.1, 0.15) is 41.5 Å². The zero-order chi connectivity index (χ0) is 49.6. The van der Waals surface area contributed by atoms with Gasteiger partial charge in [-0.2, -0.15) is 0 Å². The van der Waals surface area contributed by atoms with Crippen molar-refractivity contribution < 1.29 is 57.6 Å². The number of non-ortho nitro benzene ring substituents is 1. The van der Waals surface area contributed by atoms with Gasteiger partial charge in [-0.15, -0.1) is 13.2 Å². The minimum absolute atomic E-state index is 0.00306. The number of halogens is 1. The topological polar surface area (TPSA) is 189 Å². The fourth-order valence-electron chi connectivity index (χ4n) is 10.0. The van der Waals surface area contributed by atoms with Gasteiger partial charge in [0, 0.05) is 49.8 Å². The molecule has 1 heterocycles. The van der Waals surface area contributed by atoms with E-state index in [-0.39, 0.29) is 63.5 Å². The van der Waals surface area contributed by atoms with E-state index in [1.807, 2.05) is 12.1 Å². The number of hydrogen-bond donors (Lipinski definition) is 2. The molecule has 0 bridgehead atoms. The van der Waals surface area contributed by atoms with E-state index in [0.717, 1.165) is 11.1 Å². The third kappa shape index (κ3) is 11.6. The maximum atomic E-state index is 14.7. The molecule has 4 aromatic rings. The van der Waals surface area contributed by atoms with Gasteiger partial charge in [0.05, 0.1) is 42.4 Å². The van der Waals surface area contributed by atoms with E-state index < -0.39 is 40.5 Å². The minimum atomic E-state index is -1.64. The van der Waals surface area contributed by atoms with Crippen molar-refractivity contribution in [3.63, 3.8) is 0 Å². The Morgan fingerprint density at radius 3 is 2.36 bits per heavy atom. The molecule has 0 aromatic heterocycles. The fourth-order valence-corrected chi connectivity index (χ4v) is 10.0. The molecule has 370 valence electrons. The number of rotatable bonds is 25. The van der Waals surface area contributed by atoms with Gasteiger partial charge < -0.3 is 38.7 Å². The Balaban J connectivity index is 1.45. The van der Waals surface area contributed by atoms with E-state index in [9.17, 15) is 34.3 Å². The van der Waals surface area contributed by atoms with Crippen LogP contribution < -0.4 is 14.2 Å². The number of amides is 1.